The Morgan fingerprint density at radius 1 is 1.05 bits per heavy atom. The van der Waals surface area contributed by atoms with Crippen LogP contribution in [0.1, 0.15) is 40.0 Å². The van der Waals surface area contributed by atoms with E-state index in [4.69, 9.17) is 0 Å². The van der Waals surface area contributed by atoms with Crippen molar-refractivity contribution in [2.24, 2.45) is 5.92 Å². The molecule has 2 aliphatic rings. The molecule has 2 rings (SSSR count). The molecule has 0 spiro atoms. The Hall–Kier alpha value is -0.610. The summed E-state index contributed by atoms with van der Waals surface area (Å²) in [4.78, 5) is 18.9. The van der Waals surface area contributed by atoms with E-state index < -0.39 is 0 Å². The Balaban J connectivity index is 1.68. The average Bonchev–Trinajstić information content (AvgIpc) is 2.48. The largest absolute Gasteiger partial charge is 0.343 e. The molecule has 0 aromatic rings. The third-order valence-corrected chi connectivity index (χ3v) is 4.92. The SMILES string of the molecule is CCC(=O)N1CCC(CN2CCN(C(C)C)CC2)CC1. The molecule has 1 amide bonds. The van der Waals surface area contributed by atoms with Crippen molar-refractivity contribution >= 4 is 5.91 Å². The Morgan fingerprint density at radius 3 is 2.15 bits per heavy atom. The third-order valence-electron chi connectivity index (χ3n) is 4.92. The minimum Gasteiger partial charge on any atom is -0.343 e. The molecule has 0 atom stereocenters. The molecule has 0 aromatic heterocycles. The number of hydrogen-bond donors (Lipinski definition) is 0. The monoisotopic (exact) mass is 281 g/mol. The van der Waals surface area contributed by atoms with E-state index in [0.29, 0.717) is 18.4 Å². The standard InChI is InChI=1S/C16H31N3O/c1-4-16(20)19-7-5-15(6-8-19)13-17-9-11-18(12-10-17)14(2)3/h14-15H,4-13H2,1-3H3. The Bertz CT molecular complexity index is 303. The van der Waals surface area contributed by atoms with Gasteiger partial charge in [-0.1, -0.05) is 6.92 Å². The molecule has 2 aliphatic heterocycles. The highest BCUT2D eigenvalue weighted by Gasteiger charge is 2.25. The van der Waals surface area contributed by atoms with Crippen molar-refractivity contribution in [2.75, 3.05) is 45.8 Å². The first-order valence-electron chi connectivity index (χ1n) is 8.34. The molecule has 0 saturated carbocycles. The highest BCUT2D eigenvalue weighted by atomic mass is 16.2. The molecule has 0 aliphatic carbocycles. The summed E-state index contributed by atoms with van der Waals surface area (Å²) in [5.41, 5.74) is 0. The number of piperidine rings is 1. The van der Waals surface area contributed by atoms with Gasteiger partial charge in [0.05, 0.1) is 0 Å². The molecular weight excluding hydrogens is 250 g/mol. The van der Waals surface area contributed by atoms with E-state index in [1.165, 1.54) is 45.6 Å². The van der Waals surface area contributed by atoms with Gasteiger partial charge in [-0.15, -0.1) is 0 Å². The lowest BCUT2D eigenvalue weighted by Crippen LogP contribution is -2.50. The topological polar surface area (TPSA) is 26.8 Å². The van der Waals surface area contributed by atoms with E-state index in [1.54, 1.807) is 0 Å². The van der Waals surface area contributed by atoms with Crippen LogP contribution < -0.4 is 0 Å². The van der Waals surface area contributed by atoms with Crippen LogP contribution in [-0.4, -0.2) is 72.5 Å². The molecule has 0 radical (unpaired) electrons. The number of carbonyl (C=O) groups excluding carboxylic acids is 1. The molecule has 0 N–H and O–H groups in total. The van der Waals surface area contributed by atoms with Crippen molar-refractivity contribution in [3.8, 4) is 0 Å². The van der Waals surface area contributed by atoms with Crippen LogP contribution in [-0.2, 0) is 4.79 Å². The highest BCUT2D eigenvalue weighted by molar-refractivity contribution is 5.75. The maximum absolute atomic E-state index is 11.7. The van der Waals surface area contributed by atoms with Crippen LogP contribution in [0.4, 0.5) is 0 Å². The second-order valence-corrected chi connectivity index (χ2v) is 6.61. The van der Waals surface area contributed by atoms with Gasteiger partial charge in [0, 0.05) is 58.3 Å². The molecular formula is C16H31N3O. The third kappa shape index (κ3) is 4.19. The molecule has 0 unspecified atom stereocenters. The molecule has 4 nitrogen and oxygen atoms in total. The van der Waals surface area contributed by atoms with Gasteiger partial charge >= 0.3 is 0 Å². The smallest absolute Gasteiger partial charge is 0.222 e. The summed E-state index contributed by atoms with van der Waals surface area (Å²) in [6, 6.07) is 0.681. The van der Waals surface area contributed by atoms with E-state index in [-0.39, 0.29) is 0 Å². The van der Waals surface area contributed by atoms with E-state index in [1.807, 2.05) is 11.8 Å². The molecule has 20 heavy (non-hydrogen) atoms. The minimum absolute atomic E-state index is 0.328. The van der Waals surface area contributed by atoms with Crippen LogP contribution in [0, 0.1) is 5.92 Å². The van der Waals surface area contributed by atoms with Gasteiger partial charge in [0.15, 0.2) is 0 Å². The molecule has 2 saturated heterocycles. The summed E-state index contributed by atoms with van der Waals surface area (Å²) in [6.07, 6.45) is 3.04. The average molecular weight is 281 g/mol. The van der Waals surface area contributed by atoms with Crippen LogP contribution in [0.2, 0.25) is 0 Å². The second-order valence-electron chi connectivity index (χ2n) is 6.61. The van der Waals surface area contributed by atoms with Gasteiger partial charge in [0.2, 0.25) is 5.91 Å². The summed E-state index contributed by atoms with van der Waals surface area (Å²) in [5.74, 6) is 1.12. The van der Waals surface area contributed by atoms with Crippen molar-refractivity contribution in [3.63, 3.8) is 0 Å². The summed E-state index contributed by atoms with van der Waals surface area (Å²) >= 11 is 0. The van der Waals surface area contributed by atoms with Gasteiger partial charge in [-0.05, 0) is 32.6 Å². The number of piperazine rings is 1. The van der Waals surface area contributed by atoms with Gasteiger partial charge in [0.1, 0.15) is 0 Å². The quantitative estimate of drug-likeness (QED) is 0.784. The molecule has 0 aromatic carbocycles. The van der Waals surface area contributed by atoms with Gasteiger partial charge < -0.3 is 9.80 Å². The Morgan fingerprint density at radius 2 is 1.65 bits per heavy atom. The summed E-state index contributed by atoms with van der Waals surface area (Å²) in [7, 11) is 0. The first-order valence-corrected chi connectivity index (χ1v) is 8.34. The first-order chi connectivity index (χ1) is 9.60. The van der Waals surface area contributed by atoms with E-state index >= 15 is 0 Å². The number of amides is 1. The highest BCUT2D eigenvalue weighted by Crippen LogP contribution is 2.20. The zero-order valence-corrected chi connectivity index (χ0v) is 13.5. The molecule has 0 bridgehead atoms. The van der Waals surface area contributed by atoms with Crippen LogP contribution in [0.15, 0.2) is 0 Å². The summed E-state index contributed by atoms with van der Waals surface area (Å²) in [5, 5.41) is 0. The maximum Gasteiger partial charge on any atom is 0.222 e. The van der Waals surface area contributed by atoms with E-state index in [9.17, 15) is 4.79 Å². The lowest BCUT2D eigenvalue weighted by Gasteiger charge is -2.40. The predicted octanol–water partition coefficient (Wildman–Crippen LogP) is 1.66. The van der Waals surface area contributed by atoms with Gasteiger partial charge in [-0.25, -0.2) is 0 Å². The number of nitrogens with zero attached hydrogens (tertiary/aromatic N) is 3. The molecule has 4 heteroatoms. The number of likely N-dealkylation sites (tertiary alicyclic amines) is 1. The number of carbonyl (C=O) groups is 1. The zero-order chi connectivity index (χ0) is 14.5. The van der Waals surface area contributed by atoms with Gasteiger partial charge in [0.25, 0.3) is 0 Å². The predicted molar refractivity (Wildman–Crippen MR) is 82.7 cm³/mol. The van der Waals surface area contributed by atoms with Gasteiger partial charge in [-0.2, -0.15) is 0 Å². The second kappa shape index (κ2) is 7.41. The summed E-state index contributed by atoms with van der Waals surface area (Å²) < 4.78 is 0. The number of rotatable bonds is 4. The van der Waals surface area contributed by atoms with E-state index in [2.05, 4.69) is 23.6 Å². The Kier molecular flexibility index (Phi) is 5.85. The minimum atomic E-state index is 0.328. The van der Waals surface area contributed by atoms with Gasteiger partial charge in [-0.3, -0.25) is 9.69 Å². The Labute approximate surface area is 124 Å². The fourth-order valence-corrected chi connectivity index (χ4v) is 3.42. The molecule has 2 fully saturated rings. The number of hydrogen-bond acceptors (Lipinski definition) is 3. The fourth-order valence-electron chi connectivity index (χ4n) is 3.42. The lowest BCUT2D eigenvalue weighted by atomic mass is 9.95. The maximum atomic E-state index is 11.7. The molecule has 2 heterocycles. The fraction of sp³-hybridized carbons (Fsp3) is 0.938. The summed E-state index contributed by atoms with van der Waals surface area (Å²) in [6.45, 7) is 14.6. The van der Waals surface area contributed by atoms with Crippen molar-refractivity contribution in [1.82, 2.24) is 14.7 Å². The van der Waals surface area contributed by atoms with Crippen LogP contribution in [0.25, 0.3) is 0 Å². The van der Waals surface area contributed by atoms with Crippen molar-refractivity contribution in [2.45, 2.75) is 46.1 Å². The lowest BCUT2D eigenvalue weighted by molar-refractivity contribution is -0.132. The zero-order valence-electron chi connectivity index (χ0n) is 13.5. The van der Waals surface area contributed by atoms with Crippen LogP contribution in [0.3, 0.4) is 0 Å². The van der Waals surface area contributed by atoms with E-state index in [0.717, 1.165) is 19.0 Å². The van der Waals surface area contributed by atoms with Crippen LogP contribution >= 0.6 is 0 Å². The van der Waals surface area contributed by atoms with Crippen molar-refractivity contribution < 1.29 is 4.79 Å². The normalized spacial score (nSPS) is 23.5. The van der Waals surface area contributed by atoms with Crippen LogP contribution in [0.5, 0.6) is 0 Å². The van der Waals surface area contributed by atoms with Crippen molar-refractivity contribution in [3.05, 3.63) is 0 Å². The first kappa shape index (κ1) is 15.8. The van der Waals surface area contributed by atoms with Crippen molar-refractivity contribution in [1.29, 1.82) is 0 Å². The molecule has 116 valence electrons.